The van der Waals surface area contributed by atoms with Gasteiger partial charge in [0.1, 0.15) is 11.5 Å². The van der Waals surface area contributed by atoms with Crippen molar-refractivity contribution in [2.75, 3.05) is 30.5 Å². The van der Waals surface area contributed by atoms with Crippen LogP contribution in [0.15, 0.2) is 42.7 Å². The summed E-state index contributed by atoms with van der Waals surface area (Å²) in [7, 11) is 0.851. The third-order valence-corrected chi connectivity index (χ3v) is 8.29. The van der Waals surface area contributed by atoms with E-state index < -0.39 is 27.3 Å². The molecule has 232 valence electrons. The van der Waals surface area contributed by atoms with Crippen LogP contribution in [0, 0.1) is 6.92 Å². The molecule has 0 radical (unpaired) electrons. The molecule has 13 nitrogen and oxygen atoms in total. The van der Waals surface area contributed by atoms with E-state index in [0.717, 1.165) is 36.2 Å². The molecule has 0 atom stereocenters. The molecular weight excluding hydrogens is 586 g/mol. The number of anilines is 2. The monoisotopic (exact) mass is 621 g/mol. The number of imidazole rings is 1. The molecule has 0 bridgehead atoms. The van der Waals surface area contributed by atoms with E-state index in [-0.39, 0.29) is 17.1 Å². The summed E-state index contributed by atoms with van der Waals surface area (Å²) in [4.78, 5) is 30.8. The lowest BCUT2D eigenvalue weighted by Gasteiger charge is -2.25. The van der Waals surface area contributed by atoms with Crippen molar-refractivity contribution in [3.63, 3.8) is 0 Å². The third kappa shape index (κ3) is 6.02. The molecule has 1 amide bonds. The van der Waals surface area contributed by atoms with Gasteiger partial charge in [-0.2, -0.15) is 0 Å². The third-order valence-electron chi connectivity index (χ3n) is 7.69. The predicted octanol–water partition coefficient (Wildman–Crippen LogP) is 3.94. The summed E-state index contributed by atoms with van der Waals surface area (Å²) in [5, 5.41) is 11.5. The molecular formula is C30H35N7O6S. The van der Waals surface area contributed by atoms with E-state index in [4.69, 9.17) is 9.47 Å². The number of hydrogen-bond acceptors (Lipinski definition) is 9. The Bertz CT molecular complexity index is 1870. The van der Waals surface area contributed by atoms with E-state index in [1.165, 1.54) is 20.3 Å². The molecule has 1 fully saturated rings. The first kappa shape index (κ1) is 30.7. The topological polar surface area (TPSA) is 159 Å². The van der Waals surface area contributed by atoms with Crippen LogP contribution < -0.4 is 14.8 Å². The largest absolute Gasteiger partial charge is 0.492 e. The number of aryl methyl sites for hydroxylation is 1. The maximum absolute atomic E-state index is 13.6. The van der Waals surface area contributed by atoms with Crippen LogP contribution in [-0.4, -0.2) is 65.3 Å². The van der Waals surface area contributed by atoms with E-state index in [1.54, 1.807) is 55.2 Å². The predicted molar refractivity (Wildman–Crippen MR) is 165 cm³/mol. The quantitative estimate of drug-likeness (QED) is 0.250. The van der Waals surface area contributed by atoms with E-state index in [1.807, 2.05) is 18.5 Å². The highest BCUT2D eigenvalue weighted by molar-refractivity contribution is 7.92. The highest BCUT2D eigenvalue weighted by Crippen LogP contribution is 2.41. The first-order chi connectivity index (χ1) is 20.7. The molecule has 0 unspecified atom stereocenters. The van der Waals surface area contributed by atoms with E-state index in [2.05, 4.69) is 25.3 Å². The molecule has 0 saturated heterocycles. The van der Waals surface area contributed by atoms with Crippen LogP contribution in [0.2, 0.25) is 0 Å². The molecule has 2 heterocycles. The number of esters is 1. The summed E-state index contributed by atoms with van der Waals surface area (Å²) < 4.78 is 40.9. The average molecular weight is 622 g/mol. The minimum absolute atomic E-state index is 0.0551. The Labute approximate surface area is 255 Å². The molecule has 1 saturated carbocycles. The van der Waals surface area contributed by atoms with Crippen LogP contribution in [0.5, 0.6) is 5.75 Å². The minimum atomic E-state index is -3.74. The maximum Gasteiger partial charge on any atom is 0.315 e. The zero-order valence-corrected chi connectivity index (χ0v) is 26.4. The number of sulfonamides is 1. The van der Waals surface area contributed by atoms with Gasteiger partial charge in [0.05, 0.1) is 61.0 Å². The molecule has 1 aliphatic rings. The van der Waals surface area contributed by atoms with E-state index >= 15 is 0 Å². The van der Waals surface area contributed by atoms with Gasteiger partial charge in [-0.15, -0.1) is 5.10 Å². The number of methoxy groups -OCH3 is 2. The van der Waals surface area contributed by atoms with Crippen LogP contribution in [0.1, 0.15) is 59.9 Å². The van der Waals surface area contributed by atoms with Crippen molar-refractivity contribution >= 4 is 33.3 Å². The Kier molecular flexibility index (Phi) is 7.97. The van der Waals surface area contributed by atoms with Crippen LogP contribution in [-0.2, 0) is 32.0 Å². The number of nitrogens with one attached hydrogen (secondary N) is 2. The van der Waals surface area contributed by atoms with Gasteiger partial charge in [0.15, 0.2) is 5.75 Å². The number of benzene rings is 2. The minimum Gasteiger partial charge on any atom is -0.492 e. The summed E-state index contributed by atoms with van der Waals surface area (Å²) in [6, 6.07) is 8.19. The van der Waals surface area contributed by atoms with E-state index in [9.17, 15) is 18.0 Å². The number of aromatic nitrogens is 5. The van der Waals surface area contributed by atoms with Gasteiger partial charge >= 0.3 is 5.97 Å². The highest BCUT2D eigenvalue weighted by atomic mass is 32.2. The Morgan fingerprint density at radius 3 is 2.43 bits per heavy atom. The smallest absolute Gasteiger partial charge is 0.315 e. The molecule has 0 aliphatic heterocycles. The second kappa shape index (κ2) is 11.4. The molecule has 0 spiro atoms. The van der Waals surface area contributed by atoms with Gasteiger partial charge in [0.25, 0.3) is 5.91 Å². The van der Waals surface area contributed by atoms with Crippen molar-refractivity contribution in [3.05, 3.63) is 65.2 Å². The molecule has 5 rings (SSSR count). The van der Waals surface area contributed by atoms with Gasteiger partial charge in [0, 0.05) is 18.5 Å². The Morgan fingerprint density at radius 2 is 1.80 bits per heavy atom. The molecule has 2 aromatic carbocycles. The first-order valence-electron chi connectivity index (χ1n) is 13.9. The normalized spacial score (nSPS) is 13.4. The summed E-state index contributed by atoms with van der Waals surface area (Å²) >= 11 is 0. The SMILES string of the molecule is COC(=O)C(C)(C)c1cc(NC(=O)c2ccc(C)c(-n3cc(-c4cnc(C5CC5)n4C)nn3)c2)c(OC)c(NS(C)(=O)=O)c1. The van der Waals surface area contributed by atoms with Crippen molar-refractivity contribution in [2.45, 2.75) is 44.9 Å². The molecule has 14 heteroatoms. The molecule has 2 N–H and O–H groups in total. The number of carbonyl (C=O) groups is 2. The van der Waals surface area contributed by atoms with Crippen molar-refractivity contribution < 1.29 is 27.5 Å². The first-order valence-corrected chi connectivity index (χ1v) is 15.8. The van der Waals surface area contributed by atoms with Gasteiger partial charge in [-0.25, -0.2) is 18.1 Å². The Morgan fingerprint density at radius 1 is 1.09 bits per heavy atom. The van der Waals surface area contributed by atoms with Gasteiger partial charge < -0.3 is 19.4 Å². The summed E-state index contributed by atoms with van der Waals surface area (Å²) in [5.74, 6) is 0.557. The lowest BCUT2D eigenvalue weighted by molar-refractivity contribution is -0.146. The van der Waals surface area contributed by atoms with Crippen molar-refractivity contribution in [3.8, 4) is 22.8 Å². The molecule has 4 aromatic rings. The molecule has 1 aliphatic carbocycles. The second-order valence-corrected chi connectivity index (χ2v) is 13.2. The summed E-state index contributed by atoms with van der Waals surface area (Å²) in [6.07, 6.45) is 6.86. The fourth-order valence-corrected chi connectivity index (χ4v) is 5.58. The average Bonchev–Trinajstić information content (AvgIpc) is 3.56. The number of rotatable bonds is 10. The molecule has 44 heavy (non-hydrogen) atoms. The lowest BCUT2D eigenvalue weighted by Crippen LogP contribution is -2.30. The van der Waals surface area contributed by atoms with Gasteiger partial charge in [-0.05, 0) is 69.0 Å². The van der Waals surface area contributed by atoms with Crippen LogP contribution in [0.3, 0.4) is 0 Å². The van der Waals surface area contributed by atoms with Crippen LogP contribution in [0.25, 0.3) is 17.1 Å². The Hall–Kier alpha value is -4.72. The number of nitrogens with zero attached hydrogens (tertiary/aromatic N) is 5. The fraction of sp³-hybridized carbons (Fsp3) is 0.367. The van der Waals surface area contributed by atoms with Gasteiger partial charge in [-0.3, -0.25) is 14.3 Å². The highest BCUT2D eigenvalue weighted by Gasteiger charge is 2.33. The summed E-state index contributed by atoms with van der Waals surface area (Å²) in [5.41, 5.74) is 2.75. The summed E-state index contributed by atoms with van der Waals surface area (Å²) in [6.45, 7) is 5.17. The van der Waals surface area contributed by atoms with Crippen LogP contribution in [0.4, 0.5) is 11.4 Å². The van der Waals surface area contributed by atoms with Crippen molar-refractivity contribution in [1.82, 2.24) is 24.5 Å². The number of ether oxygens (including phenoxy) is 2. The van der Waals surface area contributed by atoms with Gasteiger partial charge in [-0.1, -0.05) is 11.3 Å². The molecule has 2 aromatic heterocycles. The van der Waals surface area contributed by atoms with Gasteiger partial charge in [0.2, 0.25) is 10.0 Å². The Balaban J connectivity index is 1.49. The van der Waals surface area contributed by atoms with Crippen molar-refractivity contribution in [2.24, 2.45) is 7.05 Å². The second-order valence-electron chi connectivity index (χ2n) is 11.4. The maximum atomic E-state index is 13.6. The lowest BCUT2D eigenvalue weighted by atomic mass is 9.84. The number of hydrogen-bond donors (Lipinski definition) is 2. The zero-order chi connectivity index (χ0) is 32.0. The number of carbonyl (C=O) groups excluding carboxylic acids is 2. The zero-order valence-electron chi connectivity index (χ0n) is 25.6. The van der Waals surface area contributed by atoms with E-state index in [0.29, 0.717) is 28.4 Å². The standard InChI is InChI=1S/C30H35N7O6S/c1-17-8-9-19(12-24(17)37-16-23(33-35-37)25-15-31-27(36(25)4)18-10-11-18)28(38)32-21-13-20(30(2,3)29(39)43-6)14-22(26(21)42-5)34-44(7,40)41/h8-9,12-16,18,34H,10-11H2,1-7H3,(H,32,38). The van der Waals surface area contributed by atoms with Crippen LogP contribution >= 0.6 is 0 Å². The van der Waals surface area contributed by atoms with Crippen molar-refractivity contribution in [1.29, 1.82) is 0 Å². The number of amides is 1. The fourth-order valence-electron chi connectivity index (χ4n) is 5.02.